The van der Waals surface area contributed by atoms with Crippen molar-refractivity contribution in [2.75, 3.05) is 19.6 Å². The smallest absolute Gasteiger partial charge is 0.780 e. The number of carbonyl (C=O) groups excluding carboxylic acids is 3. The monoisotopic (exact) mass is 719 g/mol. The molecule has 0 radical (unpaired) electrons. The molecule has 0 unspecified atom stereocenters. The van der Waals surface area contributed by atoms with Gasteiger partial charge in [0.05, 0.1) is 13.1 Å². The first kappa shape index (κ1) is 39.3. The Balaban J connectivity index is 0.00000270. The van der Waals surface area contributed by atoms with E-state index in [0.29, 0.717) is 5.56 Å². The van der Waals surface area contributed by atoms with Crippen molar-refractivity contribution in [3.05, 3.63) is 114 Å². The van der Waals surface area contributed by atoms with E-state index in [1.165, 1.54) is 22.0 Å². The van der Waals surface area contributed by atoms with Crippen molar-refractivity contribution in [1.82, 2.24) is 25.1 Å². The van der Waals surface area contributed by atoms with Crippen molar-refractivity contribution in [3.63, 3.8) is 0 Å². The molecular weight excluding hydrogens is 687 g/mol. The molecule has 244 valence electrons. The molecule has 0 saturated carbocycles. The zero-order valence-corrected chi connectivity index (χ0v) is 33.0. The summed E-state index contributed by atoms with van der Waals surface area (Å²) < 4.78 is 16.6. The zero-order chi connectivity index (χ0) is 33.1. The molecule has 16 heteroatoms. The van der Waals surface area contributed by atoms with Gasteiger partial charge in [0.1, 0.15) is 25.8 Å². The standard InChI is InChI=1S/C33H34N5O7PS.2Na/c1-2-16-36-21-31(39)37-28(17-23-12-14-26(15-13-23)45-46(42,43)44)32(40)35(19-25-22-47-29-11-7-6-10-27(25)29)20-30(37)38(36)33(41)34-18-24-8-4-3-5-9-24;;/h2-15,22,28,30H,1,16-21H2,(H,34,41)(H2,42,43,44);;/q;2*+1/p-2/t28-,30-;;/m0../s1. The number of piperazine rings is 1. The quantitative estimate of drug-likeness (QED) is 0.103. The first-order valence-electron chi connectivity index (χ1n) is 14.9. The van der Waals surface area contributed by atoms with Gasteiger partial charge in [0.25, 0.3) is 0 Å². The van der Waals surface area contributed by atoms with Crippen LogP contribution in [0, 0.1) is 0 Å². The number of nitrogens with one attached hydrogen (secondary N) is 1. The van der Waals surface area contributed by atoms with Gasteiger partial charge in [-0.15, -0.1) is 17.9 Å². The minimum Gasteiger partial charge on any atom is -0.780 e. The molecule has 2 aliphatic rings. The van der Waals surface area contributed by atoms with E-state index in [4.69, 9.17) is 0 Å². The number of phosphoric acid groups is 1. The number of phosphoric ester groups is 1. The van der Waals surface area contributed by atoms with Crippen LogP contribution in [0.1, 0.15) is 16.7 Å². The number of hydrogen-bond donors (Lipinski definition) is 1. The molecule has 2 saturated heterocycles. The van der Waals surface area contributed by atoms with Crippen molar-refractivity contribution < 1.29 is 92.4 Å². The van der Waals surface area contributed by atoms with E-state index in [1.54, 1.807) is 39.5 Å². The summed E-state index contributed by atoms with van der Waals surface area (Å²) in [6.45, 7) is 4.52. The number of benzene rings is 3. The van der Waals surface area contributed by atoms with Crippen LogP contribution in [0.3, 0.4) is 0 Å². The van der Waals surface area contributed by atoms with E-state index in [0.717, 1.165) is 21.2 Å². The van der Waals surface area contributed by atoms with Gasteiger partial charge in [-0.3, -0.25) is 9.59 Å². The predicted molar refractivity (Wildman–Crippen MR) is 172 cm³/mol. The van der Waals surface area contributed by atoms with Crippen LogP contribution in [0.25, 0.3) is 10.1 Å². The zero-order valence-electron chi connectivity index (χ0n) is 27.3. The molecule has 3 aromatic carbocycles. The molecule has 0 spiro atoms. The van der Waals surface area contributed by atoms with Crippen LogP contribution in [0.4, 0.5) is 4.79 Å². The van der Waals surface area contributed by atoms with Crippen LogP contribution in [0.2, 0.25) is 0 Å². The van der Waals surface area contributed by atoms with Crippen molar-refractivity contribution in [2.24, 2.45) is 0 Å². The Bertz CT molecular complexity index is 1840. The van der Waals surface area contributed by atoms with Crippen LogP contribution in [0.5, 0.6) is 5.75 Å². The normalized spacial score (nSPS) is 18.0. The second-order valence-corrected chi connectivity index (χ2v) is 13.3. The van der Waals surface area contributed by atoms with E-state index in [1.807, 2.05) is 60.0 Å². The molecule has 12 nitrogen and oxygen atoms in total. The first-order valence-corrected chi connectivity index (χ1v) is 17.3. The first-order chi connectivity index (χ1) is 22.6. The molecule has 0 bridgehead atoms. The van der Waals surface area contributed by atoms with E-state index >= 15 is 0 Å². The van der Waals surface area contributed by atoms with Gasteiger partial charge in [-0.25, -0.2) is 14.8 Å². The Morgan fingerprint density at radius 3 is 2.39 bits per heavy atom. The summed E-state index contributed by atoms with van der Waals surface area (Å²) in [6.07, 6.45) is 0.872. The van der Waals surface area contributed by atoms with Crippen molar-refractivity contribution >= 4 is 47.1 Å². The second kappa shape index (κ2) is 17.1. The predicted octanol–water partition coefficient (Wildman–Crippen LogP) is -3.15. The van der Waals surface area contributed by atoms with Crippen molar-refractivity contribution in [2.45, 2.75) is 31.7 Å². The topological polar surface area (TPSA) is 149 Å². The average Bonchev–Trinajstić information content (AvgIpc) is 3.45. The largest absolute Gasteiger partial charge is 1.00 e. The van der Waals surface area contributed by atoms with Crippen LogP contribution < -0.4 is 78.7 Å². The van der Waals surface area contributed by atoms with Gasteiger partial charge in [0, 0.05) is 30.8 Å². The fourth-order valence-corrected chi connectivity index (χ4v) is 7.43. The third kappa shape index (κ3) is 9.24. The number of hydrazine groups is 1. The van der Waals surface area contributed by atoms with E-state index in [9.17, 15) is 28.7 Å². The maximum absolute atomic E-state index is 14.3. The van der Waals surface area contributed by atoms with Crippen LogP contribution in [-0.2, 0) is 33.7 Å². The fraction of sp³-hybridized carbons (Fsp3) is 0.242. The van der Waals surface area contributed by atoms with E-state index < -0.39 is 26.1 Å². The second-order valence-electron chi connectivity index (χ2n) is 11.3. The minimum atomic E-state index is -5.25. The summed E-state index contributed by atoms with van der Waals surface area (Å²) in [6, 6.07) is 21.7. The van der Waals surface area contributed by atoms with Gasteiger partial charge in [0.2, 0.25) is 11.8 Å². The van der Waals surface area contributed by atoms with Gasteiger partial charge in [-0.2, -0.15) is 0 Å². The summed E-state index contributed by atoms with van der Waals surface area (Å²) in [5.74, 6) is -0.756. The van der Waals surface area contributed by atoms with Crippen LogP contribution in [-0.4, -0.2) is 69.5 Å². The molecule has 49 heavy (non-hydrogen) atoms. The molecule has 2 aliphatic heterocycles. The molecule has 4 amide bonds. The Hall–Kier alpha value is -2.52. The Kier molecular flexibility index (Phi) is 13.7. The molecule has 1 aromatic heterocycles. The number of urea groups is 1. The maximum Gasteiger partial charge on any atom is 1.00 e. The van der Waals surface area contributed by atoms with E-state index in [2.05, 4.69) is 16.4 Å². The average molecular weight is 720 g/mol. The van der Waals surface area contributed by atoms with Crippen LogP contribution >= 0.6 is 19.2 Å². The Morgan fingerprint density at radius 2 is 1.69 bits per heavy atom. The summed E-state index contributed by atoms with van der Waals surface area (Å²) in [5, 5.41) is 9.17. The molecule has 4 aromatic rings. The van der Waals surface area contributed by atoms with Crippen molar-refractivity contribution in [1.29, 1.82) is 0 Å². The third-order valence-electron chi connectivity index (χ3n) is 8.16. The van der Waals surface area contributed by atoms with Gasteiger partial charge < -0.3 is 34.0 Å². The number of carbonyl (C=O) groups is 3. The van der Waals surface area contributed by atoms with Gasteiger partial charge >= 0.3 is 65.1 Å². The van der Waals surface area contributed by atoms with Gasteiger partial charge in [-0.1, -0.05) is 66.7 Å². The number of nitrogens with zero attached hydrogens (tertiary/aromatic N) is 4. The molecule has 3 heterocycles. The number of amides is 4. The number of fused-ring (bicyclic) bond motifs is 2. The summed E-state index contributed by atoms with van der Waals surface area (Å²) in [4.78, 5) is 67.4. The Morgan fingerprint density at radius 1 is 1.00 bits per heavy atom. The summed E-state index contributed by atoms with van der Waals surface area (Å²) >= 11 is 1.58. The maximum atomic E-state index is 14.3. The molecular formula is C33H32N5Na2O7PS. The minimum absolute atomic E-state index is 0. The SMILES string of the molecule is C=CCN1CC(=O)N2[C@@H](Cc3ccc(OP(=O)([O-])[O-])cc3)C(=O)N(Cc3csc4ccccc34)C[C@@H]2N1C(=O)NCc1ccccc1.[Na+].[Na+]. The number of rotatable bonds is 10. The molecule has 6 rings (SSSR count). The van der Waals surface area contributed by atoms with E-state index in [-0.39, 0.29) is 116 Å². The van der Waals surface area contributed by atoms with Gasteiger partial charge in [0.15, 0.2) is 0 Å². The molecule has 0 aliphatic carbocycles. The molecule has 2 atom stereocenters. The molecule has 2 fully saturated rings. The number of hydrogen-bond acceptors (Lipinski definition) is 9. The van der Waals surface area contributed by atoms with Crippen molar-refractivity contribution in [3.8, 4) is 5.75 Å². The van der Waals surface area contributed by atoms with Crippen LogP contribution in [0.15, 0.2) is 96.9 Å². The summed E-state index contributed by atoms with van der Waals surface area (Å²) in [7, 11) is -5.25. The van der Waals surface area contributed by atoms with Gasteiger partial charge in [-0.05, 0) is 45.7 Å². The third-order valence-corrected chi connectivity index (χ3v) is 9.60. The number of thiophene rings is 1. The molecule has 1 N–H and O–H groups in total. The Labute approximate surface area is 332 Å². The fourth-order valence-electron chi connectivity index (χ4n) is 6.10. The summed E-state index contributed by atoms with van der Waals surface area (Å²) in [5.41, 5.74) is 2.46.